The molecule has 0 heterocycles. The van der Waals surface area contributed by atoms with Crippen molar-refractivity contribution >= 4 is 5.78 Å². The normalized spacial score (nSPS) is 12.2. The number of benzene rings is 2. The monoisotopic (exact) mass is 242 g/mol. The molecule has 2 aromatic carbocycles. The Morgan fingerprint density at radius 3 is 2.39 bits per heavy atom. The number of carbonyl (C=O) groups is 1. The van der Waals surface area contributed by atoms with Gasteiger partial charge in [-0.3, -0.25) is 4.79 Å². The van der Waals surface area contributed by atoms with E-state index in [-0.39, 0.29) is 17.5 Å². The van der Waals surface area contributed by atoms with Gasteiger partial charge in [0.2, 0.25) is 0 Å². The van der Waals surface area contributed by atoms with Gasteiger partial charge in [0, 0.05) is 11.5 Å². The molecule has 0 spiro atoms. The molecule has 92 valence electrons. The van der Waals surface area contributed by atoms with E-state index in [1.54, 1.807) is 13.0 Å². The second-order valence-corrected chi connectivity index (χ2v) is 4.46. The zero-order valence-electron chi connectivity index (χ0n) is 10.5. The number of rotatable bonds is 3. The summed E-state index contributed by atoms with van der Waals surface area (Å²) in [6.45, 7) is 3.63. The summed E-state index contributed by atoms with van der Waals surface area (Å²) >= 11 is 0. The Bertz CT molecular complexity index is 561. The number of halogens is 1. The molecule has 0 aliphatic heterocycles. The van der Waals surface area contributed by atoms with Crippen LogP contribution in [0.15, 0.2) is 48.5 Å². The molecular formula is C16H15FO. The van der Waals surface area contributed by atoms with Crippen molar-refractivity contribution in [1.82, 2.24) is 0 Å². The first-order valence-corrected chi connectivity index (χ1v) is 5.95. The Morgan fingerprint density at radius 2 is 1.78 bits per heavy atom. The molecule has 1 unspecified atom stereocenters. The topological polar surface area (TPSA) is 17.1 Å². The van der Waals surface area contributed by atoms with Crippen LogP contribution in [-0.2, 0) is 0 Å². The predicted molar refractivity (Wildman–Crippen MR) is 70.3 cm³/mol. The number of aryl methyl sites for hydroxylation is 1. The van der Waals surface area contributed by atoms with Gasteiger partial charge >= 0.3 is 0 Å². The van der Waals surface area contributed by atoms with Crippen LogP contribution in [0.4, 0.5) is 4.39 Å². The van der Waals surface area contributed by atoms with E-state index in [1.165, 1.54) is 12.1 Å². The molecule has 18 heavy (non-hydrogen) atoms. The van der Waals surface area contributed by atoms with Crippen LogP contribution < -0.4 is 0 Å². The van der Waals surface area contributed by atoms with E-state index < -0.39 is 0 Å². The summed E-state index contributed by atoms with van der Waals surface area (Å²) in [5, 5.41) is 0. The molecule has 0 saturated carbocycles. The van der Waals surface area contributed by atoms with Crippen LogP contribution in [0.2, 0.25) is 0 Å². The van der Waals surface area contributed by atoms with Crippen LogP contribution in [0, 0.1) is 12.7 Å². The Morgan fingerprint density at radius 1 is 1.11 bits per heavy atom. The Labute approximate surface area is 106 Å². The maximum Gasteiger partial charge on any atom is 0.170 e. The van der Waals surface area contributed by atoms with Gasteiger partial charge in [-0.25, -0.2) is 4.39 Å². The standard InChI is InChI=1S/C16H15FO/c1-11-10-14(17)8-9-15(11)16(18)12(2)13-6-4-3-5-7-13/h3-10,12H,1-2H3. The van der Waals surface area contributed by atoms with E-state index in [2.05, 4.69) is 0 Å². The molecule has 1 nitrogen and oxygen atoms in total. The minimum Gasteiger partial charge on any atom is -0.293 e. The number of hydrogen-bond acceptors (Lipinski definition) is 1. The first kappa shape index (κ1) is 12.5. The van der Waals surface area contributed by atoms with Crippen molar-refractivity contribution in [2.24, 2.45) is 0 Å². The van der Waals surface area contributed by atoms with Gasteiger partial charge in [0.1, 0.15) is 5.82 Å². The van der Waals surface area contributed by atoms with E-state index in [9.17, 15) is 9.18 Å². The molecule has 0 aliphatic rings. The zero-order chi connectivity index (χ0) is 13.1. The molecule has 2 aromatic rings. The predicted octanol–water partition coefficient (Wildman–Crippen LogP) is 4.12. The minimum atomic E-state index is -0.309. The largest absolute Gasteiger partial charge is 0.293 e. The first-order valence-electron chi connectivity index (χ1n) is 5.95. The fourth-order valence-electron chi connectivity index (χ4n) is 2.03. The molecule has 0 aromatic heterocycles. The highest BCUT2D eigenvalue weighted by atomic mass is 19.1. The molecular weight excluding hydrogens is 227 g/mol. The summed E-state index contributed by atoms with van der Waals surface area (Å²) in [7, 11) is 0. The fraction of sp³-hybridized carbons (Fsp3) is 0.188. The zero-order valence-corrected chi connectivity index (χ0v) is 10.5. The van der Waals surface area contributed by atoms with E-state index in [1.807, 2.05) is 37.3 Å². The second-order valence-electron chi connectivity index (χ2n) is 4.46. The van der Waals surface area contributed by atoms with Gasteiger partial charge in [-0.1, -0.05) is 37.3 Å². The highest BCUT2D eigenvalue weighted by Crippen LogP contribution is 2.22. The van der Waals surface area contributed by atoms with E-state index >= 15 is 0 Å². The van der Waals surface area contributed by atoms with Gasteiger partial charge in [-0.05, 0) is 36.2 Å². The minimum absolute atomic E-state index is 0.0266. The molecule has 2 rings (SSSR count). The van der Waals surface area contributed by atoms with Crippen molar-refractivity contribution in [3.63, 3.8) is 0 Å². The smallest absolute Gasteiger partial charge is 0.170 e. The second kappa shape index (κ2) is 5.13. The van der Waals surface area contributed by atoms with Crippen molar-refractivity contribution in [2.45, 2.75) is 19.8 Å². The van der Waals surface area contributed by atoms with E-state index in [0.717, 1.165) is 5.56 Å². The van der Waals surface area contributed by atoms with Crippen LogP contribution >= 0.6 is 0 Å². The van der Waals surface area contributed by atoms with Gasteiger partial charge < -0.3 is 0 Å². The van der Waals surface area contributed by atoms with Gasteiger partial charge in [-0.15, -0.1) is 0 Å². The lowest BCUT2D eigenvalue weighted by molar-refractivity contribution is 0.0965. The van der Waals surface area contributed by atoms with Crippen molar-refractivity contribution in [3.05, 3.63) is 71.0 Å². The third-order valence-corrected chi connectivity index (χ3v) is 3.15. The van der Waals surface area contributed by atoms with Gasteiger partial charge in [0.15, 0.2) is 5.78 Å². The first-order chi connectivity index (χ1) is 8.59. The number of Topliss-reactive ketones (excluding diaryl/α,β-unsaturated/α-hetero) is 1. The van der Waals surface area contributed by atoms with Crippen molar-refractivity contribution in [2.75, 3.05) is 0 Å². The Balaban J connectivity index is 2.32. The molecule has 0 amide bonds. The molecule has 0 saturated heterocycles. The van der Waals surface area contributed by atoms with Crippen molar-refractivity contribution in [3.8, 4) is 0 Å². The average molecular weight is 242 g/mol. The Kier molecular flexibility index (Phi) is 3.56. The van der Waals surface area contributed by atoms with Gasteiger partial charge in [0.25, 0.3) is 0 Å². The number of hydrogen-bond donors (Lipinski definition) is 0. The lowest BCUT2D eigenvalue weighted by Crippen LogP contribution is -2.11. The number of ketones is 1. The van der Waals surface area contributed by atoms with Crippen LogP contribution in [0.5, 0.6) is 0 Å². The molecule has 0 fully saturated rings. The highest BCUT2D eigenvalue weighted by molar-refractivity contribution is 6.01. The Hall–Kier alpha value is -1.96. The van der Waals surface area contributed by atoms with Crippen molar-refractivity contribution < 1.29 is 9.18 Å². The summed E-state index contributed by atoms with van der Waals surface area (Å²) in [6, 6.07) is 13.9. The molecule has 0 bridgehead atoms. The van der Waals surface area contributed by atoms with E-state index in [0.29, 0.717) is 11.1 Å². The summed E-state index contributed by atoms with van der Waals surface area (Å²) in [6.07, 6.45) is 0. The quantitative estimate of drug-likeness (QED) is 0.740. The SMILES string of the molecule is Cc1cc(F)ccc1C(=O)C(C)c1ccccc1. The summed E-state index contributed by atoms with van der Waals surface area (Å²) in [4.78, 5) is 12.4. The van der Waals surface area contributed by atoms with Crippen LogP contribution in [0.3, 0.4) is 0 Å². The fourth-order valence-corrected chi connectivity index (χ4v) is 2.03. The van der Waals surface area contributed by atoms with E-state index in [4.69, 9.17) is 0 Å². The third kappa shape index (κ3) is 2.48. The number of carbonyl (C=O) groups excluding carboxylic acids is 1. The lowest BCUT2D eigenvalue weighted by atomic mass is 9.90. The summed E-state index contributed by atoms with van der Waals surface area (Å²) in [5.74, 6) is -0.495. The average Bonchev–Trinajstić information content (AvgIpc) is 2.38. The van der Waals surface area contributed by atoms with Crippen LogP contribution in [-0.4, -0.2) is 5.78 Å². The summed E-state index contributed by atoms with van der Waals surface area (Å²) < 4.78 is 13.0. The lowest BCUT2D eigenvalue weighted by Gasteiger charge is -2.12. The molecule has 1 atom stereocenters. The van der Waals surface area contributed by atoms with Gasteiger partial charge in [-0.2, -0.15) is 0 Å². The van der Waals surface area contributed by atoms with Crippen LogP contribution in [0.25, 0.3) is 0 Å². The third-order valence-electron chi connectivity index (χ3n) is 3.15. The van der Waals surface area contributed by atoms with Crippen molar-refractivity contribution in [1.29, 1.82) is 0 Å². The molecule has 2 heteroatoms. The van der Waals surface area contributed by atoms with Crippen LogP contribution in [0.1, 0.15) is 34.3 Å². The maximum atomic E-state index is 13.0. The molecule has 0 aliphatic carbocycles. The van der Waals surface area contributed by atoms with Gasteiger partial charge in [0.05, 0.1) is 0 Å². The maximum absolute atomic E-state index is 13.0. The molecule has 0 radical (unpaired) electrons. The summed E-state index contributed by atoms with van der Waals surface area (Å²) in [5.41, 5.74) is 2.25. The highest BCUT2D eigenvalue weighted by Gasteiger charge is 2.18. The molecule has 0 N–H and O–H groups in total.